The van der Waals surface area contributed by atoms with Gasteiger partial charge in [-0.15, -0.1) is 0 Å². The minimum absolute atomic E-state index is 0.697. The van der Waals surface area contributed by atoms with E-state index in [1.54, 1.807) is 0 Å². The summed E-state index contributed by atoms with van der Waals surface area (Å²) in [6, 6.07) is 0. The third-order valence-corrected chi connectivity index (χ3v) is 10.1. The second-order valence-electron chi connectivity index (χ2n) is 3.25. The Morgan fingerprint density at radius 1 is 1.00 bits per heavy atom. The van der Waals surface area contributed by atoms with Crippen LogP contribution < -0.4 is 0 Å². The average molecular weight is 206 g/mol. The summed E-state index contributed by atoms with van der Waals surface area (Å²) in [5, 5.41) is 0. The molecule has 0 spiro atoms. The maximum atomic E-state index is 2.45. The van der Waals surface area contributed by atoms with Gasteiger partial charge in [0.1, 0.15) is 0 Å². The molecule has 0 aromatic carbocycles. The molecule has 0 saturated carbocycles. The van der Waals surface area contributed by atoms with E-state index in [9.17, 15) is 0 Å². The molecule has 0 fully saturated rings. The predicted octanol–water partition coefficient (Wildman–Crippen LogP) is 2.54. The van der Waals surface area contributed by atoms with Crippen LogP contribution in [0.25, 0.3) is 0 Å². The van der Waals surface area contributed by atoms with Crippen LogP contribution in [0.15, 0.2) is 0 Å². The Morgan fingerprint density at radius 2 is 1.14 bits per heavy atom. The molecule has 0 aliphatic carbocycles. The van der Waals surface area contributed by atoms with Crippen LogP contribution in [0.2, 0.25) is 13.3 Å². The molecule has 0 radical (unpaired) electrons. The monoisotopic (exact) mass is 207 g/mol. The molecule has 0 aromatic heterocycles. The van der Waals surface area contributed by atoms with Gasteiger partial charge in [-0.05, 0) is 0 Å². The van der Waals surface area contributed by atoms with Gasteiger partial charge in [0.2, 0.25) is 0 Å². The average Bonchev–Trinajstić information content (AvgIpc) is 1.31. The molecule has 0 aromatic rings. The van der Waals surface area contributed by atoms with Crippen molar-refractivity contribution in [3.8, 4) is 0 Å². The molecule has 0 saturated heterocycles. The summed E-state index contributed by atoms with van der Waals surface area (Å²) < 4.78 is 0.697. The molecule has 0 rings (SSSR count). The summed E-state index contributed by atoms with van der Waals surface area (Å²) in [5.41, 5.74) is 0. The van der Waals surface area contributed by atoms with Gasteiger partial charge in [0.15, 0.2) is 0 Å². The number of rotatable bonds is 0. The van der Waals surface area contributed by atoms with Gasteiger partial charge in [0.25, 0.3) is 0 Å². The maximum absolute atomic E-state index is 2.45. The second kappa shape index (κ2) is 2.38. The van der Waals surface area contributed by atoms with Crippen molar-refractivity contribution in [1.82, 2.24) is 0 Å². The van der Waals surface area contributed by atoms with Crippen LogP contribution in [0.4, 0.5) is 0 Å². The second-order valence-corrected chi connectivity index (χ2v) is 13.2. The fourth-order valence-electron chi connectivity index (χ4n) is 0. The van der Waals surface area contributed by atoms with E-state index in [0.717, 1.165) is 0 Å². The molecule has 0 nitrogen and oxygen atoms in total. The standard InChI is InChI=1S/C4H9.2CH3.Sn/c1-4(2)3;;;/h1-3H3;2*1H3;/q;;;+1. The summed E-state index contributed by atoms with van der Waals surface area (Å²) in [6.07, 6.45) is 0. The first kappa shape index (κ1) is 7.80. The molecule has 0 amide bonds. The van der Waals surface area contributed by atoms with E-state index in [4.69, 9.17) is 0 Å². The quantitative estimate of drug-likeness (QED) is 0.534. The van der Waals surface area contributed by atoms with Crippen LogP contribution in [-0.2, 0) is 0 Å². The molecule has 0 unspecified atom stereocenters. The third-order valence-electron chi connectivity index (χ3n) is 1.50. The predicted molar refractivity (Wildman–Crippen MR) is 37.2 cm³/mol. The zero-order valence-electron chi connectivity index (χ0n) is 6.00. The molecular weight excluding hydrogens is 191 g/mol. The van der Waals surface area contributed by atoms with Crippen LogP contribution in [0, 0.1) is 0 Å². The summed E-state index contributed by atoms with van der Waals surface area (Å²) in [5.74, 6) is 0. The summed E-state index contributed by atoms with van der Waals surface area (Å²) in [4.78, 5) is 4.89. The zero-order valence-corrected chi connectivity index (χ0v) is 8.85. The van der Waals surface area contributed by atoms with Crippen molar-refractivity contribution in [2.75, 3.05) is 0 Å². The number of hydrogen-bond donors (Lipinski definition) is 0. The van der Waals surface area contributed by atoms with E-state index < -0.39 is 19.8 Å². The normalized spacial score (nSPS) is 11.6. The Hall–Kier alpha value is 0.799. The number of hydrogen-bond acceptors (Lipinski definition) is 0. The molecule has 0 bridgehead atoms. The zero-order chi connectivity index (χ0) is 6.08. The first-order valence-electron chi connectivity index (χ1n) is 2.75. The summed E-state index contributed by atoms with van der Waals surface area (Å²) >= 11 is -0.840. The Labute approximate surface area is 54.0 Å². The van der Waals surface area contributed by atoms with Crippen molar-refractivity contribution >= 4 is 19.8 Å². The van der Waals surface area contributed by atoms with Crippen LogP contribution in [0.1, 0.15) is 20.8 Å². The van der Waals surface area contributed by atoms with Crippen LogP contribution in [0.3, 0.4) is 0 Å². The van der Waals surface area contributed by atoms with Crippen molar-refractivity contribution < 1.29 is 0 Å². The van der Waals surface area contributed by atoms with Gasteiger partial charge in [-0.3, -0.25) is 0 Å². The van der Waals surface area contributed by atoms with E-state index in [1.807, 2.05) is 0 Å². The van der Waals surface area contributed by atoms with Gasteiger partial charge in [0.05, 0.1) is 0 Å². The Kier molecular flexibility index (Phi) is 2.65. The van der Waals surface area contributed by atoms with Gasteiger partial charge < -0.3 is 0 Å². The molecular formula is C6H15Sn+. The summed E-state index contributed by atoms with van der Waals surface area (Å²) in [7, 11) is 0. The molecule has 0 heterocycles. The molecule has 42 valence electrons. The van der Waals surface area contributed by atoms with Crippen molar-refractivity contribution in [2.24, 2.45) is 0 Å². The van der Waals surface area contributed by atoms with Crippen LogP contribution in [0.5, 0.6) is 0 Å². The first-order valence-corrected chi connectivity index (χ1v) is 9.89. The van der Waals surface area contributed by atoms with Crippen molar-refractivity contribution in [3.63, 3.8) is 0 Å². The Balaban J connectivity index is 3.54. The van der Waals surface area contributed by atoms with Crippen molar-refractivity contribution in [1.29, 1.82) is 0 Å². The first-order chi connectivity index (χ1) is 2.94. The Morgan fingerprint density at radius 3 is 1.14 bits per heavy atom. The van der Waals surface area contributed by atoms with Gasteiger partial charge >= 0.3 is 53.8 Å². The fraction of sp³-hybridized carbons (Fsp3) is 1.00. The van der Waals surface area contributed by atoms with Crippen molar-refractivity contribution in [2.45, 2.75) is 34.1 Å². The molecule has 0 N–H and O–H groups in total. The Bertz CT molecular complexity index is 49.7. The fourth-order valence-corrected chi connectivity index (χ4v) is 0. The van der Waals surface area contributed by atoms with Crippen LogP contribution >= 0.6 is 0 Å². The van der Waals surface area contributed by atoms with Gasteiger partial charge in [-0.25, -0.2) is 0 Å². The van der Waals surface area contributed by atoms with E-state index in [2.05, 4.69) is 30.7 Å². The van der Waals surface area contributed by atoms with Crippen LogP contribution in [-0.4, -0.2) is 19.8 Å². The minimum atomic E-state index is -0.840. The van der Waals surface area contributed by atoms with E-state index in [1.165, 1.54) is 0 Å². The molecule has 7 heavy (non-hydrogen) atoms. The molecule has 0 aliphatic heterocycles. The van der Waals surface area contributed by atoms with Gasteiger partial charge in [0, 0.05) is 0 Å². The summed E-state index contributed by atoms with van der Waals surface area (Å²) in [6.45, 7) is 7.05. The van der Waals surface area contributed by atoms with Gasteiger partial charge in [-0.2, -0.15) is 0 Å². The third kappa shape index (κ3) is 3.39. The molecule has 0 atom stereocenters. The van der Waals surface area contributed by atoms with E-state index in [-0.39, 0.29) is 0 Å². The van der Waals surface area contributed by atoms with Crippen molar-refractivity contribution in [3.05, 3.63) is 0 Å². The van der Waals surface area contributed by atoms with E-state index in [0.29, 0.717) is 3.43 Å². The van der Waals surface area contributed by atoms with E-state index >= 15 is 0 Å². The topological polar surface area (TPSA) is 0 Å². The molecule has 1 heteroatoms. The molecule has 0 aliphatic rings. The van der Waals surface area contributed by atoms with Gasteiger partial charge in [-0.1, -0.05) is 0 Å². The SMILES string of the molecule is [CH3][Sn+]([CH3])[C](C)(C)C.